The summed E-state index contributed by atoms with van der Waals surface area (Å²) in [6, 6.07) is 9.73. The minimum atomic E-state index is -4.47. The van der Waals surface area contributed by atoms with E-state index in [-0.39, 0.29) is 5.91 Å². The van der Waals surface area contributed by atoms with Gasteiger partial charge in [-0.05, 0) is 36.8 Å². The quantitative estimate of drug-likeness (QED) is 0.509. The van der Waals surface area contributed by atoms with Gasteiger partial charge >= 0.3 is 6.18 Å². The van der Waals surface area contributed by atoms with Gasteiger partial charge < -0.3 is 14.3 Å². The van der Waals surface area contributed by atoms with Crippen molar-refractivity contribution in [2.75, 3.05) is 5.32 Å². The lowest BCUT2D eigenvalue weighted by molar-refractivity contribution is -0.141. The van der Waals surface area contributed by atoms with E-state index >= 15 is 0 Å². The van der Waals surface area contributed by atoms with E-state index in [9.17, 15) is 18.0 Å². The van der Waals surface area contributed by atoms with Gasteiger partial charge in [0.2, 0.25) is 0 Å². The van der Waals surface area contributed by atoms with Crippen LogP contribution in [0, 0.1) is 6.92 Å². The highest BCUT2D eigenvalue weighted by atomic mass is 19.4. The van der Waals surface area contributed by atoms with Crippen LogP contribution in [0.1, 0.15) is 27.2 Å². The fourth-order valence-corrected chi connectivity index (χ4v) is 3.11. The number of pyridine rings is 1. The maximum Gasteiger partial charge on any atom is 0.433 e. The second kappa shape index (κ2) is 7.12. The summed E-state index contributed by atoms with van der Waals surface area (Å²) < 4.78 is 45.0. The largest absolute Gasteiger partial charge is 0.472 e. The molecule has 0 aliphatic rings. The number of anilines is 1. The maximum absolute atomic E-state index is 12.7. The molecule has 29 heavy (non-hydrogen) atoms. The number of halogens is 3. The number of carbonyl (C=O) groups is 1. The average molecular weight is 399 g/mol. The number of furan rings is 1. The number of fused-ring (bicyclic) bond motifs is 1. The van der Waals surface area contributed by atoms with E-state index in [2.05, 4.69) is 10.3 Å². The van der Waals surface area contributed by atoms with Crippen LogP contribution in [-0.2, 0) is 12.7 Å². The predicted octanol–water partition coefficient (Wildman–Crippen LogP) is 5.26. The Morgan fingerprint density at radius 3 is 2.69 bits per heavy atom. The van der Waals surface area contributed by atoms with Crippen LogP contribution < -0.4 is 5.32 Å². The molecule has 0 saturated carbocycles. The van der Waals surface area contributed by atoms with Crippen molar-refractivity contribution in [2.45, 2.75) is 19.6 Å². The molecule has 0 fully saturated rings. The van der Waals surface area contributed by atoms with Crippen molar-refractivity contribution < 1.29 is 22.4 Å². The first-order chi connectivity index (χ1) is 13.8. The number of nitrogens with zero attached hydrogens (tertiary/aromatic N) is 2. The zero-order chi connectivity index (χ0) is 20.6. The first-order valence-corrected chi connectivity index (χ1v) is 8.76. The Morgan fingerprint density at radius 1 is 1.21 bits per heavy atom. The molecule has 0 saturated heterocycles. The van der Waals surface area contributed by atoms with Crippen LogP contribution in [-0.4, -0.2) is 15.5 Å². The van der Waals surface area contributed by atoms with Crippen molar-refractivity contribution >= 4 is 22.5 Å². The Hall–Kier alpha value is -3.55. The number of hydrogen-bond donors (Lipinski definition) is 1. The second-order valence-corrected chi connectivity index (χ2v) is 6.71. The van der Waals surface area contributed by atoms with Gasteiger partial charge in [0.05, 0.1) is 23.0 Å². The summed E-state index contributed by atoms with van der Waals surface area (Å²) in [6.45, 7) is 2.25. The Balaban J connectivity index is 1.67. The van der Waals surface area contributed by atoms with Gasteiger partial charge in [-0.3, -0.25) is 9.78 Å². The summed E-state index contributed by atoms with van der Waals surface area (Å²) in [7, 11) is 0. The summed E-state index contributed by atoms with van der Waals surface area (Å²) in [5, 5.41) is 3.70. The number of alkyl halides is 3. The summed E-state index contributed by atoms with van der Waals surface area (Å²) >= 11 is 0. The number of aryl methyl sites for hydroxylation is 1. The van der Waals surface area contributed by atoms with Gasteiger partial charge in [0.1, 0.15) is 12.0 Å². The monoisotopic (exact) mass is 399 g/mol. The fraction of sp³-hybridized carbons (Fsp3) is 0.143. The normalized spacial score (nSPS) is 11.7. The van der Waals surface area contributed by atoms with Crippen LogP contribution in [0.4, 0.5) is 18.9 Å². The molecule has 1 amide bonds. The number of amides is 1. The number of benzene rings is 1. The third-order valence-electron chi connectivity index (χ3n) is 4.54. The third-order valence-corrected chi connectivity index (χ3v) is 4.54. The molecule has 8 heteroatoms. The SMILES string of the molecule is Cc1ccc2c(c1)c(NC(=O)c1ccoc1)cn2Cc1ccc(C(F)(F)F)nc1. The van der Waals surface area contributed by atoms with E-state index in [0.29, 0.717) is 23.4 Å². The van der Waals surface area contributed by atoms with Crippen molar-refractivity contribution in [3.63, 3.8) is 0 Å². The number of aromatic nitrogens is 2. The van der Waals surface area contributed by atoms with Gasteiger partial charge in [-0.1, -0.05) is 17.7 Å². The topological polar surface area (TPSA) is 60.1 Å². The number of hydrogen-bond acceptors (Lipinski definition) is 3. The highest BCUT2D eigenvalue weighted by Crippen LogP contribution is 2.30. The Morgan fingerprint density at radius 2 is 2.03 bits per heavy atom. The third kappa shape index (κ3) is 3.87. The fourth-order valence-electron chi connectivity index (χ4n) is 3.11. The summed E-state index contributed by atoms with van der Waals surface area (Å²) in [5.74, 6) is -0.310. The van der Waals surface area contributed by atoms with Gasteiger partial charge in [0.25, 0.3) is 5.91 Å². The molecular formula is C21H16F3N3O2. The van der Waals surface area contributed by atoms with Crippen molar-refractivity contribution in [2.24, 2.45) is 0 Å². The first kappa shape index (κ1) is 18.8. The number of nitrogens with one attached hydrogen (secondary N) is 1. The molecule has 4 rings (SSSR count). The molecule has 1 aromatic carbocycles. The molecule has 148 valence electrons. The molecule has 4 aromatic rings. The van der Waals surface area contributed by atoms with E-state index in [0.717, 1.165) is 22.5 Å². The zero-order valence-electron chi connectivity index (χ0n) is 15.3. The molecular weight excluding hydrogens is 383 g/mol. The predicted molar refractivity (Wildman–Crippen MR) is 102 cm³/mol. The van der Waals surface area contributed by atoms with Crippen LogP contribution in [0.25, 0.3) is 10.9 Å². The second-order valence-electron chi connectivity index (χ2n) is 6.71. The Kier molecular flexibility index (Phi) is 4.62. The lowest BCUT2D eigenvalue weighted by atomic mass is 10.1. The highest BCUT2D eigenvalue weighted by molar-refractivity contribution is 6.09. The summed E-state index contributed by atoms with van der Waals surface area (Å²) in [5.41, 5.74) is 2.55. The van der Waals surface area contributed by atoms with E-state index in [1.807, 2.05) is 29.7 Å². The minimum absolute atomic E-state index is 0.310. The standard InChI is InChI=1S/C21H16F3N3O2/c1-13-2-4-18-16(8-13)17(26-20(28)15-6-7-29-12-15)11-27(18)10-14-3-5-19(25-9-14)21(22,23)24/h2-9,11-12H,10H2,1H3,(H,26,28). The zero-order valence-corrected chi connectivity index (χ0v) is 15.3. The van der Waals surface area contributed by atoms with Crippen molar-refractivity contribution in [3.05, 3.63) is 83.7 Å². The van der Waals surface area contributed by atoms with Crippen molar-refractivity contribution in [1.29, 1.82) is 0 Å². The highest BCUT2D eigenvalue weighted by Gasteiger charge is 2.32. The van der Waals surface area contributed by atoms with Crippen LogP contribution in [0.15, 0.2) is 65.7 Å². The van der Waals surface area contributed by atoms with Crippen molar-refractivity contribution in [1.82, 2.24) is 9.55 Å². The van der Waals surface area contributed by atoms with Crippen LogP contribution in [0.5, 0.6) is 0 Å². The van der Waals surface area contributed by atoms with Gasteiger partial charge in [0, 0.05) is 24.3 Å². The molecule has 3 aromatic heterocycles. The molecule has 0 bridgehead atoms. The van der Waals surface area contributed by atoms with Gasteiger partial charge in [-0.15, -0.1) is 0 Å². The van der Waals surface area contributed by atoms with Gasteiger partial charge in [-0.2, -0.15) is 13.2 Å². The molecule has 0 aliphatic heterocycles. The van der Waals surface area contributed by atoms with E-state index < -0.39 is 11.9 Å². The smallest absolute Gasteiger partial charge is 0.433 e. The summed E-state index contributed by atoms with van der Waals surface area (Å²) in [4.78, 5) is 15.9. The van der Waals surface area contributed by atoms with Crippen LogP contribution in [0.3, 0.4) is 0 Å². The molecule has 1 N–H and O–H groups in total. The van der Waals surface area contributed by atoms with Crippen LogP contribution in [0.2, 0.25) is 0 Å². The summed E-state index contributed by atoms with van der Waals surface area (Å²) in [6.07, 6.45) is 1.28. The molecule has 0 aliphatic carbocycles. The average Bonchev–Trinajstić information content (AvgIpc) is 3.31. The maximum atomic E-state index is 12.7. The molecule has 0 spiro atoms. The molecule has 0 atom stereocenters. The Bertz CT molecular complexity index is 1160. The molecule has 5 nitrogen and oxygen atoms in total. The molecule has 3 heterocycles. The van der Waals surface area contributed by atoms with Crippen molar-refractivity contribution in [3.8, 4) is 0 Å². The number of carbonyl (C=O) groups excluding carboxylic acids is 1. The lowest BCUT2D eigenvalue weighted by Crippen LogP contribution is -2.10. The van der Waals surface area contributed by atoms with Crippen LogP contribution >= 0.6 is 0 Å². The molecule has 0 unspecified atom stereocenters. The number of rotatable bonds is 4. The van der Waals surface area contributed by atoms with E-state index in [1.54, 1.807) is 12.3 Å². The van der Waals surface area contributed by atoms with E-state index in [4.69, 9.17) is 4.42 Å². The van der Waals surface area contributed by atoms with Gasteiger partial charge in [0.15, 0.2) is 0 Å². The minimum Gasteiger partial charge on any atom is -0.472 e. The molecule has 0 radical (unpaired) electrons. The van der Waals surface area contributed by atoms with E-state index in [1.165, 1.54) is 24.8 Å². The lowest BCUT2D eigenvalue weighted by Gasteiger charge is -2.08. The first-order valence-electron chi connectivity index (χ1n) is 8.76. The van der Waals surface area contributed by atoms with Gasteiger partial charge in [-0.25, -0.2) is 0 Å². The Labute approximate surface area is 163 Å².